The van der Waals surface area contributed by atoms with Gasteiger partial charge in [0.25, 0.3) is 0 Å². The number of hydrogen-bond acceptors (Lipinski definition) is 3. The average molecular weight is 260 g/mol. The van der Waals surface area contributed by atoms with E-state index in [9.17, 15) is 0 Å². The largest absolute Gasteiger partial charge is 0.388 e. The average Bonchev–Trinajstić information content (AvgIpc) is 1.88. The molecule has 0 atom stereocenters. The maximum Gasteiger partial charge on any atom is 0.0351 e. The minimum atomic E-state index is 0. The summed E-state index contributed by atoms with van der Waals surface area (Å²) < 4.78 is 4.25. The highest BCUT2D eigenvalue weighted by Gasteiger charge is 1.58. The normalized spacial score (nSPS) is 5.62. The molecule has 0 saturated heterocycles. The van der Waals surface area contributed by atoms with Crippen molar-refractivity contribution in [2.75, 3.05) is 47.9 Å². The molecule has 0 radical (unpaired) electrons. The molecule has 110 valence electrons. The van der Waals surface area contributed by atoms with Crippen molar-refractivity contribution >= 4 is 11.8 Å². The standard InChI is InChI=1S/C3H9N.C3H8.C2H6O.C2H6S.3CH4/c1-4(2)3;3*1-3-2;;;/h1-3H3;3H2,1-2H3;2*1-2H3;3*1H4. The molecular weight excluding hydrogens is 218 g/mol. The Bertz CT molecular complexity index is 37.4. The Hall–Kier alpha value is 0.270. The van der Waals surface area contributed by atoms with Crippen molar-refractivity contribution in [3.63, 3.8) is 0 Å². The van der Waals surface area contributed by atoms with Crippen molar-refractivity contribution in [3.05, 3.63) is 0 Å². The SMILES string of the molecule is C.C.C.CCC.CN(C)C.COC.CSC. The zero-order chi connectivity index (χ0) is 11.7. The first-order valence-electron chi connectivity index (χ1n) is 4.39. The van der Waals surface area contributed by atoms with Gasteiger partial charge in [0.15, 0.2) is 0 Å². The van der Waals surface area contributed by atoms with Crippen LogP contribution in [0.2, 0.25) is 0 Å². The summed E-state index contributed by atoms with van der Waals surface area (Å²) in [4.78, 5) is 2.00. The highest BCUT2D eigenvalue weighted by Crippen LogP contribution is 1.70. The molecule has 2 nitrogen and oxygen atoms in total. The van der Waals surface area contributed by atoms with E-state index < -0.39 is 0 Å². The van der Waals surface area contributed by atoms with E-state index in [1.54, 1.807) is 26.0 Å². The molecule has 0 heterocycles. The Morgan fingerprint density at radius 3 is 0.875 bits per heavy atom. The monoisotopic (exact) mass is 259 g/mol. The van der Waals surface area contributed by atoms with Crippen molar-refractivity contribution < 1.29 is 4.74 Å². The number of methoxy groups -OCH3 is 1. The molecule has 0 saturated carbocycles. The molecule has 0 unspecified atom stereocenters. The number of hydrogen-bond donors (Lipinski definition) is 0. The smallest absolute Gasteiger partial charge is 0.0351 e. The van der Waals surface area contributed by atoms with Crippen molar-refractivity contribution in [2.24, 2.45) is 0 Å². The number of thioether (sulfide) groups is 1. The van der Waals surface area contributed by atoms with Crippen LogP contribution in [0, 0.1) is 0 Å². The van der Waals surface area contributed by atoms with Gasteiger partial charge in [0.2, 0.25) is 0 Å². The molecule has 0 aliphatic heterocycles. The van der Waals surface area contributed by atoms with Gasteiger partial charge in [-0.05, 0) is 33.7 Å². The fourth-order valence-electron chi connectivity index (χ4n) is 0. The first-order chi connectivity index (χ1) is 5.97. The van der Waals surface area contributed by atoms with Crippen LogP contribution in [-0.2, 0) is 4.74 Å². The lowest BCUT2D eigenvalue weighted by atomic mass is 10.6. The Kier molecular flexibility index (Phi) is 218. The van der Waals surface area contributed by atoms with E-state index in [2.05, 4.69) is 18.6 Å². The third-order valence-corrected chi connectivity index (χ3v) is 0. The summed E-state index contributed by atoms with van der Waals surface area (Å²) in [5.74, 6) is 0. The van der Waals surface area contributed by atoms with Gasteiger partial charge in [-0.2, -0.15) is 11.8 Å². The van der Waals surface area contributed by atoms with Crippen molar-refractivity contribution in [1.29, 1.82) is 0 Å². The number of ether oxygens (including phenoxy) is 1. The molecule has 0 aromatic rings. The molecular formula is C13H41NOS. The number of nitrogens with zero attached hydrogens (tertiary/aromatic N) is 1. The van der Waals surface area contributed by atoms with Crippen molar-refractivity contribution in [2.45, 2.75) is 42.5 Å². The van der Waals surface area contributed by atoms with Gasteiger partial charge in [0.05, 0.1) is 0 Å². The van der Waals surface area contributed by atoms with Gasteiger partial charge >= 0.3 is 0 Å². The van der Waals surface area contributed by atoms with Crippen LogP contribution in [0.25, 0.3) is 0 Å². The lowest BCUT2D eigenvalue weighted by Crippen LogP contribution is -1.99. The van der Waals surface area contributed by atoms with Crippen LogP contribution in [-0.4, -0.2) is 52.8 Å². The lowest BCUT2D eigenvalue weighted by Gasteiger charge is -1.90. The van der Waals surface area contributed by atoms with Crippen LogP contribution in [0.3, 0.4) is 0 Å². The molecule has 0 spiro atoms. The van der Waals surface area contributed by atoms with Crippen molar-refractivity contribution in [1.82, 2.24) is 4.90 Å². The van der Waals surface area contributed by atoms with Gasteiger partial charge in [-0.25, -0.2) is 0 Å². The van der Waals surface area contributed by atoms with Crippen LogP contribution < -0.4 is 0 Å². The Labute approximate surface area is 112 Å². The van der Waals surface area contributed by atoms with Crippen LogP contribution >= 0.6 is 11.8 Å². The molecule has 0 bridgehead atoms. The molecule has 0 fully saturated rings. The maximum absolute atomic E-state index is 4.25. The first-order valence-corrected chi connectivity index (χ1v) is 6.02. The van der Waals surface area contributed by atoms with Gasteiger partial charge in [0.1, 0.15) is 0 Å². The van der Waals surface area contributed by atoms with E-state index >= 15 is 0 Å². The summed E-state index contributed by atoms with van der Waals surface area (Å²) in [6.45, 7) is 4.25. The van der Waals surface area contributed by atoms with Crippen LogP contribution in [0.5, 0.6) is 0 Å². The van der Waals surface area contributed by atoms with E-state index in [1.165, 1.54) is 6.42 Å². The second-order valence-corrected chi connectivity index (χ2v) is 3.68. The van der Waals surface area contributed by atoms with Gasteiger partial charge in [-0.3, -0.25) is 0 Å². The molecule has 0 aromatic heterocycles. The van der Waals surface area contributed by atoms with E-state index in [0.29, 0.717) is 0 Å². The summed E-state index contributed by atoms with van der Waals surface area (Å²) >= 11 is 1.75. The van der Waals surface area contributed by atoms with Crippen molar-refractivity contribution in [3.8, 4) is 0 Å². The van der Waals surface area contributed by atoms with E-state index in [4.69, 9.17) is 0 Å². The van der Waals surface area contributed by atoms with Crippen LogP contribution in [0.4, 0.5) is 0 Å². The van der Waals surface area contributed by atoms with Crippen LogP contribution in [0.15, 0.2) is 0 Å². The Balaban J connectivity index is -0.0000000128. The Morgan fingerprint density at radius 2 is 0.875 bits per heavy atom. The topological polar surface area (TPSA) is 12.5 Å². The van der Waals surface area contributed by atoms with E-state index in [0.717, 1.165) is 0 Å². The molecule has 0 aliphatic carbocycles. The predicted octanol–water partition coefficient (Wildman–Crippen LogP) is 4.74. The van der Waals surface area contributed by atoms with Gasteiger partial charge < -0.3 is 9.64 Å². The van der Waals surface area contributed by atoms with Gasteiger partial charge in [-0.15, -0.1) is 0 Å². The minimum Gasteiger partial charge on any atom is -0.388 e. The lowest BCUT2D eigenvalue weighted by molar-refractivity contribution is 0.277. The number of rotatable bonds is 0. The highest BCUT2D eigenvalue weighted by atomic mass is 32.2. The summed E-state index contributed by atoms with van der Waals surface area (Å²) in [5.41, 5.74) is 0. The second kappa shape index (κ2) is 79.1. The first kappa shape index (κ1) is 44.1. The third kappa shape index (κ3) is 34500. The zero-order valence-corrected chi connectivity index (χ0v) is 11.8. The highest BCUT2D eigenvalue weighted by molar-refractivity contribution is 7.97. The molecule has 0 amide bonds. The molecule has 3 heteroatoms. The Morgan fingerprint density at radius 1 is 0.875 bits per heavy atom. The molecule has 0 N–H and O–H groups in total. The molecule has 0 aromatic carbocycles. The third-order valence-electron chi connectivity index (χ3n) is 0. The fraction of sp³-hybridized carbons (Fsp3) is 1.00. The quantitative estimate of drug-likeness (QED) is 0.623. The zero-order valence-electron chi connectivity index (χ0n) is 11.0. The minimum absolute atomic E-state index is 0. The molecule has 0 rings (SSSR count). The predicted molar refractivity (Wildman–Crippen MR) is 88.1 cm³/mol. The second-order valence-electron chi connectivity index (χ2n) is 2.87. The van der Waals surface area contributed by atoms with Gasteiger partial charge in [-0.1, -0.05) is 42.5 Å². The summed E-state index contributed by atoms with van der Waals surface area (Å²) in [7, 11) is 9.25. The summed E-state index contributed by atoms with van der Waals surface area (Å²) in [5, 5.41) is 0. The molecule has 16 heavy (non-hydrogen) atoms. The van der Waals surface area contributed by atoms with E-state index in [1.807, 2.05) is 38.6 Å². The van der Waals surface area contributed by atoms with E-state index in [-0.39, 0.29) is 22.3 Å². The summed E-state index contributed by atoms with van der Waals surface area (Å²) in [6, 6.07) is 0. The maximum atomic E-state index is 4.25. The molecule has 0 aliphatic rings. The summed E-state index contributed by atoms with van der Waals surface area (Å²) in [6.07, 6.45) is 5.33. The fourth-order valence-corrected chi connectivity index (χ4v) is 0. The van der Waals surface area contributed by atoms with Gasteiger partial charge in [0, 0.05) is 14.2 Å². The van der Waals surface area contributed by atoms with Crippen LogP contribution in [0.1, 0.15) is 42.5 Å².